The van der Waals surface area contributed by atoms with E-state index in [9.17, 15) is 8.42 Å². The van der Waals surface area contributed by atoms with E-state index >= 15 is 0 Å². The molecule has 2 rings (SSSR count). The Morgan fingerprint density at radius 3 is 2.39 bits per heavy atom. The maximum atomic E-state index is 11.3. The molecule has 0 spiro atoms. The SMILES string of the molecule is CC1(N)CCN(c2ccc(S(C)(=O)=O)cn2)CC1. The van der Waals surface area contributed by atoms with Gasteiger partial charge in [0.2, 0.25) is 0 Å². The van der Waals surface area contributed by atoms with Crippen molar-refractivity contribution >= 4 is 15.7 Å². The molecule has 0 amide bonds. The zero-order valence-corrected chi connectivity index (χ0v) is 11.6. The van der Waals surface area contributed by atoms with Crippen LogP contribution >= 0.6 is 0 Å². The van der Waals surface area contributed by atoms with Gasteiger partial charge in [0.1, 0.15) is 5.82 Å². The number of rotatable bonds is 2. The van der Waals surface area contributed by atoms with Gasteiger partial charge in [-0.15, -0.1) is 0 Å². The largest absolute Gasteiger partial charge is 0.356 e. The number of sulfone groups is 1. The fraction of sp³-hybridized carbons (Fsp3) is 0.583. The minimum Gasteiger partial charge on any atom is -0.356 e. The summed E-state index contributed by atoms with van der Waals surface area (Å²) in [6, 6.07) is 3.36. The molecule has 1 saturated heterocycles. The third kappa shape index (κ3) is 3.00. The van der Waals surface area contributed by atoms with E-state index in [-0.39, 0.29) is 10.4 Å². The maximum Gasteiger partial charge on any atom is 0.177 e. The Labute approximate surface area is 108 Å². The van der Waals surface area contributed by atoms with Gasteiger partial charge in [-0.3, -0.25) is 0 Å². The predicted molar refractivity (Wildman–Crippen MR) is 71.4 cm³/mol. The lowest BCUT2D eigenvalue weighted by atomic mass is 9.91. The molecule has 1 aromatic rings. The van der Waals surface area contributed by atoms with Crippen molar-refractivity contribution < 1.29 is 8.42 Å². The van der Waals surface area contributed by atoms with Gasteiger partial charge in [0, 0.05) is 31.1 Å². The van der Waals surface area contributed by atoms with Crippen LogP contribution in [0.4, 0.5) is 5.82 Å². The maximum absolute atomic E-state index is 11.3. The minimum atomic E-state index is -3.17. The fourth-order valence-corrected chi connectivity index (χ4v) is 2.58. The highest BCUT2D eigenvalue weighted by molar-refractivity contribution is 7.90. The van der Waals surface area contributed by atoms with Crippen LogP contribution in [0.15, 0.2) is 23.2 Å². The summed E-state index contributed by atoms with van der Waals surface area (Å²) in [6.45, 7) is 3.78. The van der Waals surface area contributed by atoms with E-state index in [4.69, 9.17) is 5.73 Å². The van der Waals surface area contributed by atoms with Crippen LogP contribution in [0, 0.1) is 0 Å². The van der Waals surface area contributed by atoms with Crippen molar-refractivity contribution in [1.82, 2.24) is 4.98 Å². The van der Waals surface area contributed by atoms with E-state index in [0.29, 0.717) is 0 Å². The van der Waals surface area contributed by atoms with Gasteiger partial charge in [0.25, 0.3) is 0 Å². The van der Waals surface area contributed by atoms with Crippen molar-refractivity contribution in [3.8, 4) is 0 Å². The molecule has 0 atom stereocenters. The molecular formula is C12H19N3O2S. The van der Waals surface area contributed by atoms with E-state index in [1.807, 2.05) is 0 Å². The van der Waals surface area contributed by atoms with E-state index < -0.39 is 9.84 Å². The predicted octanol–water partition coefficient (Wildman–Crippen LogP) is 0.803. The van der Waals surface area contributed by atoms with Crippen molar-refractivity contribution in [1.29, 1.82) is 0 Å². The van der Waals surface area contributed by atoms with Crippen molar-refractivity contribution in [3.05, 3.63) is 18.3 Å². The molecule has 0 aliphatic carbocycles. The summed E-state index contributed by atoms with van der Waals surface area (Å²) in [5.74, 6) is 0.818. The van der Waals surface area contributed by atoms with Gasteiger partial charge in [-0.25, -0.2) is 13.4 Å². The van der Waals surface area contributed by atoms with Crippen molar-refractivity contribution in [3.63, 3.8) is 0 Å². The summed E-state index contributed by atoms with van der Waals surface area (Å²) in [7, 11) is -3.17. The molecule has 1 aliphatic heterocycles. The number of nitrogens with two attached hydrogens (primary N) is 1. The van der Waals surface area contributed by atoms with Gasteiger partial charge in [-0.05, 0) is 31.9 Å². The number of hydrogen-bond donors (Lipinski definition) is 1. The molecule has 18 heavy (non-hydrogen) atoms. The van der Waals surface area contributed by atoms with Gasteiger partial charge in [-0.2, -0.15) is 0 Å². The molecule has 6 heteroatoms. The van der Waals surface area contributed by atoms with Crippen LogP contribution in [0.5, 0.6) is 0 Å². The van der Waals surface area contributed by atoms with Gasteiger partial charge < -0.3 is 10.6 Å². The third-order valence-corrected chi connectivity index (χ3v) is 4.48. The lowest BCUT2D eigenvalue weighted by Crippen LogP contribution is -2.48. The van der Waals surface area contributed by atoms with Gasteiger partial charge >= 0.3 is 0 Å². The Morgan fingerprint density at radius 1 is 1.33 bits per heavy atom. The van der Waals surface area contributed by atoms with Crippen molar-refractivity contribution in [2.45, 2.75) is 30.2 Å². The Bertz CT molecular complexity index is 513. The fourth-order valence-electron chi connectivity index (χ4n) is 2.03. The molecule has 100 valence electrons. The number of nitrogens with zero attached hydrogens (tertiary/aromatic N) is 2. The molecule has 1 fully saturated rings. The summed E-state index contributed by atoms with van der Waals surface area (Å²) in [4.78, 5) is 6.62. The molecule has 0 radical (unpaired) electrons. The molecule has 1 aliphatic rings. The van der Waals surface area contributed by atoms with E-state index in [1.165, 1.54) is 12.5 Å². The molecule has 2 N–H and O–H groups in total. The monoisotopic (exact) mass is 269 g/mol. The zero-order valence-electron chi connectivity index (χ0n) is 10.8. The number of piperidine rings is 1. The average Bonchev–Trinajstić information content (AvgIpc) is 2.28. The molecule has 0 saturated carbocycles. The van der Waals surface area contributed by atoms with Crippen LogP contribution in [-0.4, -0.2) is 38.3 Å². The van der Waals surface area contributed by atoms with Crippen molar-refractivity contribution in [2.24, 2.45) is 5.73 Å². The van der Waals surface area contributed by atoms with Crippen LogP contribution in [-0.2, 0) is 9.84 Å². The standard InChI is InChI=1S/C12H19N3O2S/c1-12(13)5-7-15(8-6-12)11-4-3-10(9-14-11)18(2,16)17/h3-4,9H,5-8,13H2,1-2H3. The molecule has 2 heterocycles. The van der Waals surface area contributed by atoms with Gasteiger partial charge in [0.15, 0.2) is 9.84 Å². The highest BCUT2D eigenvalue weighted by atomic mass is 32.2. The van der Waals surface area contributed by atoms with Crippen LogP contribution in [0.2, 0.25) is 0 Å². The highest BCUT2D eigenvalue weighted by Gasteiger charge is 2.26. The quantitative estimate of drug-likeness (QED) is 0.859. The Balaban J connectivity index is 2.12. The minimum absolute atomic E-state index is 0.0940. The second-order valence-corrected chi connectivity index (χ2v) is 7.28. The lowest BCUT2D eigenvalue weighted by molar-refractivity contribution is 0.363. The first-order valence-electron chi connectivity index (χ1n) is 5.98. The van der Waals surface area contributed by atoms with Crippen LogP contribution < -0.4 is 10.6 Å². The molecule has 0 aromatic carbocycles. The van der Waals surface area contributed by atoms with Crippen LogP contribution in [0.1, 0.15) is 19.8 Å². The number of anilines is 1. The Kier molecular flexibility index (Phi) is 3.33. The Morgan fingerprint density at radius 2 is 1.94 bits per heavy atom. The molecule has 5 nitrogen and oxygen atoms in total. The topological polar surface area (TPSA) is 76.3 Å². The van der Waals surface area contributed by atoms with E-state index in [2.05, 4.69) is 16.8 Å². The second kappa shape index (κ2) is 4.51. The van der Waals surface area contributed by atoms with Crippen LogP contribution in [0.3, 0.4) is 0 Å². The van der Waals surface area contributed by atoms with Crippen molar-refractivity contribution in [2.75, 3.05) is 24.2 Å². The summed E-state index contributed by atoms with van der Waals surface area (Å²) in [6.07, 6.45) is 4.44. The summed E-state index contributed by atoms with van der Waals surface area (Å²) in [5, 5.41) is 0. The highest BCUT2D eigenvalue weighted by Crippen LogP contribution is 2.23. The molecule has 0 bridgehead atoms. The number of pyridine rings is 1. The van der Waals surface area contributed by atoms with E-state index in [1.54, 1.807) is 12.1 Å². The first-order valence-corrected chi connectivity index (χ1v) is 7.87. The van der Waals surface area contributed by atoms with Gasteiger partial charge in [-0.1, -0.05) is 0 Å². The number of hydrogen-bond acceptors (Lipinski definition) is 5. The normalized spacial score (nSPS) is 19.8. The van der Waals surface area contributed by atoms with Crippen LogP contribution in [0.25, 0.3) is 0 Å². The molecule has 1 aromatic heterocycles. The smallest absolute Gasteiger partial charge is 0.177 e. The first kappa shape index (κ1) is 13.3. The zero-order chi connectivity index (χ0) is 13.4. The average molecular weight is 269 g/mol. The first-order chi connectivity index (χ1) is 8.28. The molecule has 0 unspecified atom stereocenters. The Hall–Kier alpha value is -1.14. The second-order valence-electron chi connectivity index (χ2n) is 5.27. The summed E-state index contributed by atoms with van der Waals surface area (Å²) in [5.41, 5.74) is 5.98. The number of aromatic nitrogens is 1. The summed E-state index contributed by atoms with van der Waals surface area (Å²) < 4.78 is 22.7. The third-order valence-electron chi connectivity index (χ3n) is 3.38. The van der Waals surface area contributed by atoms with Gasteiger partial charge in [0.05, 0.1) is 4.90 Å². The van der Waals surface area contributed by atoms with E-state index in [0.717, 1.165) is 31.7 Å². The summed E-state index contributed by atoms with van der Waals surface area (Å²) >= 11 is 0. The lowest BCUT2D eigenvalue weighted by Gasteiger charge is -2.37. The molecular weight excluding hydrogens is 250 g/mol.